The molecule has 0 aliphatic heterocycles. The van der Waals surface area contributed by atoms with Gasteiger partial charge >= 0.3 is 5.97 Å². The highest BCUT2D eigenvalue weighted by Gasteiger charge is 2.35. The van der Waals surface area contributed by atoms with Gasteiger partial charge in [0.1, 0.15) is 17.3 Å². The molecule has 0 bridgehead atoms. The Balaban J connectivity index is 2.18. The first-order chi connectivity index (χ1) is 17.6. The van der Waals surface area contributed by atoms with E-state index in [9.17, 15) is 9.90 Å². The number of rotatable bonds is 9. The normalized spacial score (nSPS) is 12.5. The van der Waals surface area contributed by atoms with Crippen molar-refractivity contribution in [1.82, 2.24) is 19.7 Å². The maximum absolute atomic E-state index is 12.7. The molecular formula is C26H32ClN7O3. The fourth-order valence-electron chi connectivity index (χ4n) is 4.53. The number of halogens is 1. The molecule has 10 nitrogen and oxygen atoms in total. The second kappa shape index (κ2) is 10.3. The first-order valence-electron chi connectivity index (χ1n) is 11.9. The molecule has 0 fully saturated rings. The largest absolute Gasteiger partial charge is 0.479 e. The summed E-state index contributed by atoms with van der Waals surface area (Å²) in [5, 5.41) is 28.4. The monoisotopic (exact) mass is 525 g/mol. The predicted molar refractivity (Wildman–Crippen MR) is 148 cm³/mol. The third-order valence-electron chi connectivity index (χ3n) is 5.94. The van der Waals surface area contributed by atoms with Gasteiger partial charge in [0.15, 0.2) is 6.10 Å². The molecule has 3 aromatic heterocycles. The number of carboxylic acids is 1. The van der Waals surface area contributed by atoms with Crippen LogP contribution in [0, 0.1) is 0 Å². The van der Waals surface area contributed by atoms with Crippen molar-refractivity contribution in [2.75, 3.05) is 37.1 Å². The minimum absolute atomic E-state index is 0.408. The standard InChI is InChI=1S/C26H32ClN7O3/c1-26(2,3)37-21(25(35)36)19-17(15-7-9-16(27)10-8-15)18-20(28-4)24(30-6)34(13-14-11-31-32-12-14)23(18)33-22(19)29-5/h7-12,21,28,30H,13H2,1-6H3,(H,29,33)(H,31,32)(H,35,36)/t21-/m0/s1. The number of anilines is 3. The van der Waals surface area contributed by atoms with Crippen molar-refractivity contribution in [3.8, 4) is 11.1 Å². The molecule has 196 valence electrons. The topological polar surface area (TPSA) is 129 Å². The number of ether oxygens (including phenoxy) is 1. The number of nitrogens with one attached hydrogen (secondary N) is 4. The SMILES string of the molecule is CNc1nc2c(c(NC)c(NC)n2Cc2cn[nH]c2)c(-c2ccc(Cl)cc2)c1[C@H](OC(C)(C)C)C(=O)O. The van der Waals surface area contributed by atoms with E-state index in [2.05, 4.69) is 26.1 Å². The Morgan fingerprint density at radius 2 is 1.86 bits per heavy atom. The van der Waals surface area contributed by atoms with Crippen LogP contribution in [0.25, 0.3) is 22.2 Å². The fraction of sp³-hybridized carbons (Fsp3) is 0.346. The van der Waals surface area contributed by atoms with Gasteiger partial charge in [0, 0.05) is 49.1 Å². The van der Waals surface area contributed by atoms with Crippen LogP contribution < -0.4 is 16.0 Å². The number of aromatic amines is 1. The molecule has 4 rings (SSSR count). The van der Waals surface area contributed by atoms with Crippen molar-refractivity contribution in [3.05, 3.63) is 52.8 Å². The molecule has 0 unspecified atom stereocenters. The Bertz CT molecular complexity index is 1410. The summed E-state index contributed by atoms with van der Waals surface area (Å²) in [5.74, 6) is 0.0926. The van der Waals surface area contributed by atoms with Crippen molar-refractivity contribution in [1.29, 1.82) is 0 Å². The zero-order valence-corrected chi connectivity index (χ0v) is 22.5. The lowest BCUT2D eigenvalue weighted by Gasteiger charge is -2.28. The highest BCUT2D eigenvalue weighted by molar-refractivity contribution is 6.30. The van der Waals surface area contributed by atoms with Crippen molar-refractivity contribution in [2.24, 2.45) is 0 Å². The van der Waals surface area contributed by atoms with E-state index < -0.39 is 17.7 Å². The summed E-state index contributed by atoms with van der Waals surface area (Å²) in [6.07, 6.45) is 2.30. The van der Waals surface area contributed by atoms with Gasteiger partial charge in [-0.1, -0.05) is 23.7 Å². The van der Waals surface area contributed by atoms with Crippen molar-refractivity contribution in [3.63, 3.8) is 0 Å². The summed E-state index contributed by atoms with van der Waals surface area (Å²) in [6.45, 7) is 5.97. The summed E-state index contributed by atoms with van der Waals surface area (Å²) in [7, 11) is 5.39. The van der Waals surface area contributed by atoms with Crippen LogP contribution in [0.4, 0.5) is 17.3 Å². The van der Waals surface area contributed by atoms with Crippen LogP contribution in [0.15, 0.2) is 36.7 Å². The lowest BCUT2D eigenvalue weighted by Crippen LogP contribution is -2.28. The third kappa shape index (κ3) is 5.07. The number of hydrogen-bond acceptors (Lipinski definition) is 7. The molecule has 1 atom stereocenters. The van der Waals surface area contributed by atoms with Crippen molar-refractivity contribution in [2.45, 2.75) is 39.0 Å². The maximum Gasteiger partial charge on any atom is 0.337 e. The Hall–Kier alpha value is -3.76. The first kappa shape index (κ1) is 26.3. The van der Waals surface area contributed by atoms with E-state index in [-0.39, 0.29) is 0 Å². The number of nitrogens with zero attached hydrogens (tertiary/aromatic N) is 3. The van der Waals surface area contributed by atoms with Gasteiger partial charge in [-0.15, -0.1) is 0 Å². The average molecular weight is 526 g/mol. The van der Waals surface area contributed by atoms with E-state index >= 15 is 0 Å². The molecule has 0 amide bonds. The molecule has 0 saturated carbocycles. The van der Waals surface area contributed by atoms with Crippen LogP contribution in [0.2, 0.25) is 5.02 Å². The molecular weight excluding hydrogens is 494 g/mol. The smallest absolute Gasteiger partial charge is 0.337 e. The molecule has 0 saturated heterocycles. The van der Waals surface area contributed by atoms with E-state index in [1.807, 2.05) is 57.8 Å². The lowest BCUT2D eigenvalue weighted by molar-refractivity contribution is -0.160. The number of benzene rings is 1. The molecule has 3 heterocycles. The maximum atomic E-state index is 12.7. The summed E-state index contributed by atoms with van der Waals surface area (Å²) in [6, 6.07) is 7.32. The van der Waals surface area contributed by atoms with Gasteiger partial charge in [0.2, 0.25) is 0 Å². The fourth-order valence-corrected chi connectivity index (χ4v) is 4.66. The number of fused-ring (bicyclic) bond motifs is 1. The Morgan fingerprint density at radius 1 is 1.16 bits per heavy atom. The minimum atomic E-state index is -1.29. The van der Waals surface area contributed by atoms with Crippen LogP contribution in [0.3, 0.4) is 0 Å². The first-order valence-corrected chi connectivity index (χ1v) is 12.2. The van der Waals surface area contributed by atoms with Crippen LogP contribution >= 0.6 is 11.6 Å². The van der Waals surface area contributed by atoms with Crippen molar-refractivity contribution >= 4 is 45.9 Å². The second-order valence-corrected chi connectivity index (χ2v) is 10.0. The van der Waals surface area contributed by atoms with Gasteiger partial charge in [0.25, 0.3) is 0 Å². The Labute approximate surface area is 220 Å². The highest BCUT2D eigenvalue weighted by atomic mass is 35.5. The summed E-state index contributed by atoms with van der Waals surface area (Å²) < 4.78 is 8.16. The predicted octanol–water partition coefficient (Wildman–Crippen LogP) is 5.19. The molecule has 0 spiro atoms. The summed E-state index contributed by atoms with van der Waals surface area (Å²) >= 11 is 6.23. The van der Waals surface area contributed by atoms with Gasteiger partial charge in [-0.05, 0) is 38.5 Å². The second-order valence-electron chi connectivity index (χ2n) is 9.57. The third-order valence-corrected chi connectivity index (χ3v) is 6.19. The zero-order valence-electron chi connectivity index (χ0n) is 21.7. The van der Waals surface area contributed by atoms with Gasteiger partial charge in [-0.3, -0.25) is 5.10 Å². The zero-order chi connectivity index (χ0) is 26.9. The molecule has 0 aliphatic carbocycles. The number of carbonyl (C=O) groups is 1. The number of H-pyrrole nitrogens is 1. The minimum Gasteiger partial charge on any atom is -0.479 e. The van der Waals surface area contributed by atoms with Crippen LogP contribution in [0.1, 0.15) is 38.0 Å². The highest BCUT2D eigenvalue weighted by Crippen LogP contribution is 2.47. The van der Waals surface area contributed by atoms with E-state index in [4.69, 9.17) is 21.3 Å². The van der Waals surface area contributed by atoms with Crippen molar-refractivity contribution < 1.29 is 14.6 Å². The van der Waals surface area contributed by atoms with Crippen LogP contribution in [-0.2, 0) is 16.1 Å². The lowest BCUT2D eigenvalue weighted by atomic mass is 9.93. The van der Waals surface area contributed by atoms with Gasteiger partial charge in [0.05, 0.1) is 29.4 Å². The quantitative estimate of drug-likeness (QED) is 0.202. The van der Waals surface area contributed by atoms with E-state index in [0.717, 1.165) is 28.0 Å². The number of hydrogen-bond donors (Lipinski definition) is 5. The van der Waals surface area contributed by atoms with Gasteiger partial charge in [-0.2, -0.15) is 5.10 Å². The number of pyridine rings is 1. The molecule has 1 aromatic carbocycles. The molecule has 0 radical (unpaired) electrons. The molecule has 11 heteroatoms. The van der Waals surface area contributed by atoms with E-state index in [1.54, 1.807) is 25.4 Å². The Kier molecular flexibility index (Phi) is 7.33. The van der Waals surface area contributed by atoms with E-state index in [1.165, 1.54) is 0 Å². The van der Waals surface area contributed by atoms with E-state index in [0.29, 0.717) is 34.2 Å². The average Bonchev–Trinajstić information content (AvgIpc) is 3.47. The summed E-state index contributed by atoms with van der Waals surface area (Å²) in [5.41, 5.74) is 3.58. The van der Waals surface area contributed by atoms with Crippen LogP contribution in [-0.4, -0.2) is 57.6 Å². The molecule has 5 N–H and O–H groups in total. The number of aromatic nitrogens is 4. The summed E-state index contributed by atoms with van der Waals surface area (Å²) in [4.78, 5) is 17.6. The van der Waals surface area contributed by atoms with Gasteiger partial charge in [-0.25, -0.2) is 9.78 Å². The number of carboxylic acid groups (broad SMARTS) is 1. The molecule has 0 aliphatic rings. The molecule has 4 aromatic rings. The Morgan fingerprint density at radius 3 is 2.38 bits per heavy atom. The number of aliphatic carboxylic acids is 1. The van der Waals surface area contributed by atoms with Crippen LogP contribution in [0.5, 0.6) is 0 Å². The van der Waals surface area contributed by atoms with Gasteiger partial charge < -0.3 is 30.4 Å². The molecule has 37 heavy (non-hydrogen) atoms.